The number of anilines is 2. The number of nitrogens with one attached hydrogen (secondary N) is 2. The Morgan fingerprint density at radius 3 is 2.53 bits per heavy atom. The molecule has 3 aromatic rings. The summed E-state index contributed by atoms with van der Waals surface area (Å²) in [4.78, 5) is 24.5. The van der Waals surface area contributed by atoms with Gasteiger partial charge < -0.3 is 15.2 Å². The molecule has 0 saturated heterocycles. The largest absolute Gasteiger partial charge is 0.326 e. The van der Waals surface area contributed by atoms with Crippen LogP contribution in [0.15, 0.2) is 41.6 Å². The van der Waals surface area contributed by atoms with Gasteiger partial charge in [0, 0.05) is 12.2 Å². The number of rotatable bonds is 8. The van der Waals surface area contributed by atoms with E-state index < -0.39 is 29.0 Å². The number of carbonyl (C=O) groups is 2. The van der Waals surface area contributed by atoms with Crippen molar-refractivity contribution in [1.82, 2.24) is 14.8 Å². The van der Waals surface area contributed by atoms with Gasteiger partial charge in [0.2, 0.25) is 11.8 Å². The van der Waals surface area contributed by atoms with E-state index in [1.54, 1.807) is 10.6 Å². The minimum atomic E-state index is -1.66. The third kappa shape index (κ3) is 5.67. The highest BCUT2D eigenvalue weighted by atomic mass is 32.2. The van der Waals surface area contributed by atoms with E-state index in [2.05, 4.69) is 20.8 Å². The second-order valence-electron chi connectivity index (χ2n) is 6.80. The van der Waals surface area contributed by atoms with Crippen molar-refractivity contribution in [2.24, 2.45) is 0 Å². The molecule has 7 nitrogen and oxygen atoms in total. The van der Waals surface area contributed by atoms with Gasteiger partial charge in [-0.15, -0.1) is 10.2 Å². The molecule has 0 atom stereocenters. The number of benzene rings is 2. The Morgan fingerprint density at radius 2 is 1.81 bits per heavy atom. The van der Waals surface area contributed by atoms with Crippen molar-refractivity contribution in [2.45, 2.75) is 32.0 Å². The SMILES string of the molecule is CCn1c(CC(=O)Nc2cccc(C)c2)nnc1SCC(=O)Nc1ccc(F)c(F)c1F. The lowest BCUT2D eigenvalue weighted by Gasteiger charge is -2.09. The van der Waals surface area contributed by atoms with E-state index >= 15 is 0 Å². The van der Waals surface area contributed by atoms with Gasteiger partial charge in [0.1, 0.15) is 5.82 Å². The molecule has 2 N–H and O–H groups in total. The summed E-state index contributed by atoms with van der Waals surface area (Å²) >= 11 is 1.02. The predicted molar refractivity (Wildman–Crippen MR) is 115 cm³/mol. The Balaban J connectivity index is 1.60. The quantitative estimate of drug-likeness (QED) is 0.390. The number of thioether (sulfide) groups is 1. The maximum Gasteiger partial charge on any atom is 0.234 e. The van der Waals surface area contributed by atoms with E-state index in [0.29, 0.717) is 23.2 Å². The zero-order valence-corrected chi connectivity index (χ0v) is 18.1. The van der Waals surface area contributed by atoms with Crippen molar-refractivity contribution < 1.29 is 22.8 Å². The first-order valence-electron chi connectivity index (χ1n) is 9.63. The molecule has 0 aliphatic heterocycles. The fraction of sp³-hybridized carbons (Fsp3) is 0.238. The van der Waals surface area contributed by atoms with Crippen LogP contribution >= 0.6 is 11.8 Å². The Bertz CT molecular complexity index is 1150. The fourth-order valence-corrected chi connectivity index (χ4v) is 3.71. The molecule has 0 spiro atoms. The van der Waals surface area contributed by atoms with Gasteiger partial charge in [-0.2, -0.15) is 0 Å². The molecule has 0 bridgehead atoms. The highest BCUT2D eigenvalue weighted by molar-refractivity contribution is 7.99. The average molecular weight is 463 g/mol. The zero-order valence-electron chi connectivity index (χ0n) is 17.3. The monoisotopic (exact) mass is 463 g/mol. The summed E-state index contributed by atoms with van der Waals surface area (Å²) in [5.74, 6) is -5.12. The molecule has 168 valence electrons. The van der Waals surface area contributed by atoms with Crippen LogP contribution in [0.1, 0.15) is 18.3 Å². The Kier molecular flexibility index (Phi) is 7.52. The first kappa shape index (κ1) is 23.3. The molecule has 1 heterocycles. The lowest BCUT2D eigenvalue weighted by atomic mass is 10.2. The molecule has 3 rings (SSSR count). The van der Waals surface area contributed by atoms with Gasteiger partial charge >= 0.3 is 0 Å². The van der Waals surface area contributed by atoms with Gasteiger partial charge in [-0.25, -0.2) is 13.2 Å². The Morgan fingerprint density at radius 1 is 1.03 bits per heavy atom. The van der Waals surface area contributed by atoms with Gasteiger partial charge in [-0.3, -0.25) is 9.59 Å². The van der Waals surface area contributed by atoms with Gasteiger partial charge in [-0.1, -0.05) is 23.9 Å². The molecule has 0 radical (unpaired) electrons. The molecule has 2 aromatic carbocycles. The molecular weight excluding hydrogens is 443 g/mol. The first-order valence-corrected chi connectivity index (χ1v) is 10.6. The molecule has 2 amide bonds. The number of aryl methyl sites for hydroxylation is 1. The topological polar surface area (TPSA) is 88.9 Å². The smallest absolute Gasteiger partial charge is 0.234 e. The summed E-state index contributed by atoms with van der Waals surface area (Å²) in [6.45, 7) is 4.22. The van der Waals surface area contributed by atoms with E-state index in [0.717, 1.165) is 29.5 Å². The number of aromatic nitrogens is 3. The normalized spacial score (nSPS) is 10.8. The lowest BCUT2D eigenvalue weighted by Crippen LogP contribution is -2.18. The van der Waals surface area contributed by atoms with E-state index in [-0.39, 0.29) is 18.1 Å². The third-order valence-electron chi connectivity index (χ3n) is 4.37. The van der Waals surface area contributed by atoms with Crippen LogP contribution in [0.5, 0.6) is 0 Å². The molecule has 32 heavy (non-hydrogen) atoms. The van der Waals surface area contributed by atoms with Gasteiger partial charge in [0.25, 0.3) is 0 Å². The summed E-state index contributed by atoms with van der Waals surface area (Å²) in [6.07, 6.45) is -0.0123. The fourth-order valence-electron chi connectivity index (χ4n) is 2.88. The second kappa shape index (κ2) is 10.3. The number of nitrogens with zero attached hydrogens (tertiary/aromatic N) is 3. The van der Waals surface area contributed by atoms with Crippen molar-refractivity contribution in [1.29, 1.82) is 0 Å². The summed E-state index contributed by atoms with van der Waals surface area (Å²) in [5.41, 5.74) is 1.23. The Labute approximate surface area is 186 Å². The summed E-state index contributed by atoms with van der Waals surface area (Å²) < 4.78 is 41.7. The Hall–Kier alpha value is -3.34. The van der Waals surface area contributed by atoms with Crippen molar-refractivity contribution in [3.05, 3.63) is 65.2 Å². The molecule has 1 aromatic heterocycles. The summed E-state index contributed by atoms with van der Waals surface area (Å²) in [5, 5.41) is 13.4. The standard InChI is InChI=1S/C21H20F3N5O2S/c1-3-29-16(10-17(30)25-13-6-4-5-12(2)9-13)27-28-21(29)32-11-18(31)26-15-8-7-14(22)19(23)20(15)24/h4-9H,3,10-11H2,1-2H3,(H,25,30)(H,26,31). The number of amides is 2. The van der Waals surface area contributed by atoms with Crippen LogP contribution in [-0.2, 0) is 22.6 Å². The number of hydrogen-bond acceptors (Lipinski definition) is 5. The number of carbonyl (C=O) groups excluding carboxylic acids is 2. The van der Waals surface area contributed by atoms with Gasteiger partial charge in [0.05, 0.1) is 17.9 Å². The second-order valence-corrected chi connectivity index (χ2v) is 7.74. The molecular formula is C21H20F3N5O2S. The van der Waals surface area contributed by atoms with Crippen molar-refractivity contribution >= 4 is 35.0 Å². The molecule has 0 aliphatic rings. The van der Waals surface area contributed by atoms with Crippen LogP contribution in [0.2, 0.25) is 0 Å². The molecule has 0 unspecified atom stereocenters. The maximum atomic E-state index is 13.7. The number of hydrogen-bond donors (Lipinski definition) is 2. The minimum Gasteiger partial charge on any atom is -0.326 e. The number of halogens is 3. The highest BCUT2D eigenvalue weighted by Crippen LogP contribution is 2.22. The minimum absolute atomic E-state index is 0.0123. The molecule has 0 saturated carbocycles. The van der Waals surface area contributed by atoms with E-state index in [1.807, 2.05) is 32.0 Å². The predicted octanol–water partition coefficient (Wildman–Crippen LogP) is 3.94. The van der Waals surface area contributed by atoms with Gasteiger partial charge in [-0.05, 0) is 43.7 Å². The van der Waals surface area contributed by atoms with E-state index in [4.69, 9.17) is 0 Å². The van der Waals surface area contributed by atoms with Crippen LogP contribution < -0.4 is 10.6 Å². The van der Waals surface area contributed by atoms with Crippen LogP contribution in [0, 0.1) is 24.4 Å². The molecule has 11 heteroatoms. The van der Waals surface area contributed by atoms with Crippen LogP contribution in [0.3, 0.4) is 0 Å². The van der Waals surface area contributed by atoms with E-state index in [1.165, 1.54) is 0 Å². The highest BCUT2D eigenvalue weighted by Gasteiger charge is 2.18. The lowest BCUT2D eigenvalue weighted by molar-refractivity contribution is -0.116. The average Bonchev–Trinajstić information content (AvgIpc) is 3.13. The van der Waals surface area contributed by atoms with Crippen molar-refractivity contribution in [2.75, 3.05) is 16.4 Å². The third-order valence-corrected chi connectivity index (χ3v) is 5.34. The van der Waals surface area contributed by atoms with Crippen molar-refractivity contribution in [3.8, 4) is 0 Å². The first-order chi connectivity index (χ1) is 15.3. The summed E-state index contributed by atoms with van der Waals surface area (Å²) in [6, 6.07) is 9.05. The maximum absolute atomic E-state index is 13.7. The molecule has 0 fully saturated rings. The van der Waals surface area contributed by atoms with Gasteiger partial charge in [0.15, 0.2) is 22.6 Å². The van der Waals surface area contributed by atoms with E-state index in [9.17, 15) is 22.8 Å². The molecule has 0 aliphatic carbocycles. The summed E-state index contributed by atoms with van der Waals surface area (Å²) in [7, 11) is 0. The van der Waals surface area contributed by atoms with Crippen molar-refractivity contribution in [3.63, 3.8) is 0 Å². The zero-order chi connectivity index (χ0) is 23.3. The van der Waals surface area contributed by atoms with Crippen LogP contribution in [0.25, 0.3) is 0 Å². The van der Waals surface area contributed by atoms with Crippen LogP contribution in [-0.4, -0.2) is 32.3 Å². The van der Waals surface area contributed by atoms with Crippen LogP contribution in [0.4, 0.5) is 24.5 Å².